The Labute approximate surface area is 147 Å². The molecular weight excluding hydrogens is 338 g/mol. The van der Waals surface area contributed by atoms with Crippen LogP contribution in [0.2, 0.25) is 0 Å². The molecule has 7 heteroatoms. The molecule has 1 atom stereocenters. The van der Waals surface area contributed by atoms with E-state index in [0.717, 1.165) is 29.8 Å². The van der Waals surface area contributed by atoms with Crippen molar-refractivity contribution < 1.29 is 13.2 Å². The molecule has 2 aliphatic rings. The molecule has 1 aromatic heterocycles. The number of carbonyl (C=O) groups is 1. The number of hydrogen-bond donors (Lipinski definition) is 1. The Morgan fingerprint density at radius 2 is 1.92 bits per heavy atom. The minimum absolute atomic E-state index is 0.118. The maximum atomic E-state index is 12.5. The quantitative estimate of drug-likeness (QED) is 0.910. The summed E-state index contributed by atoms with van der Waals surface area (Å²) < 4.78 is 25.4. The molecular formula is C18H21N3O3S. The maximum Gasteiger partial charge on any atom is 0.276 e. The average Bonchev–Trinajstić information content (AvgIpc) is 3.21. The van der Waals surface area contributed by atoms with Crippen LogP contribution in [0.1, 0.15) is 53.0 Å². The van der Waals surface area contributed by atoms with Crippen LogP contribution in [0.25, 0.3) is 0 Å². The summed E-state index contributed by atoms with van der Waals surface area (Å²) in [5, 5.41) is 7.33. The summed E-state index contributed by atoms with van der Waals surface area (Å²) in [7, 11) is -2.99. The van der Waals surface area contributed by atoms with Crippen molar-refractivity contribution in [2.75, 3.05) is 16.8 Å². The van der Waals surface area contributed by atoms with Gasteiger partial charge in [-0.05, 0) is 44.4 Å². The number of aryl methyl sites for hydroxylation is 1. The Morgan fingerprint density at radius 1 is 1.20 bits per heavy atom. The highest BCUT2D eigenvalue weighted by atomic mass is 32.2. The largest absolute Gasteiger partial charge is 0.321 e. The first kappa shape index (κ1) is 16.3. The van der Waals surface area contributed by atoms with Gasteiger partial charge in [0.25, 0.3) is 5.91 Å². The van der Waals surface area contributed by atoms with Crippen molar-refractivity contribution >= 4 is 21.4 Å². The highest BCUT2D eigenvalue weighted by molar-refractivity contribution is 7.91. The summed E-state index contributed by atoms with van der Waals surface area (Å²) in [4.78, 5) is 12.5. The molecule has 1 unspecified atom stereocenters. The molecule has 132 valence electrons. The standard InChI is InChI=1S/C18H21N3O3S/c1-12-2-6-14(7-3-12)19-18(22)16-10-17(13-4-5-13)21(20-16)15-8-9-25(23,24)11-15/h2-3,6-7,10,13,15H,4-5,8-9,11H2,1H3,(H,19,22). The monoisotopic (exact) mass is 359 g/mol. The molecule has 0 bridgehead atoms. The molecule has 1 aliphatic carbocycles. The third-order valence-corrected chi connectivity index (χ3v) is 6.61. The molecule has 2 aromatic rings. The topological polar surface area (TPSA) is 81.1 Å². The Balaban J connectivity index is 1.59. The third kappa shape index (κ3) is 3.46. The number of sulfone groups is 1. The number of benzene rings is 1. The minimum Gasteiger partial charge on any atom is -0.321 e. The van der Waals surface area contributed by atoms with E-state index in [1.165, 1.54) is 0 Å². The molecule has 1 saturated heterocycles. The number of nitrogens with one attached hydrogen (secondary N) is 1. The van der Waals surface area contributed by atoms with Crippen LogP contribution in [0, 0.1) is 6.92 Å². The molecule has 1 saturated carbocycles. The van der Waals surface area contributed by atoms with E-state index in [-0.39, 0.29) is 23.5 Å². The number of anilines is 1. The fraction of sp³-hybridized carbons (Fsp3) is 0.444. The summed E-state index contributed by atoms with van der Waals surface area (Å²) in [5.41, 5.74) is 3.20. The van der Waals surface area contributed by atoms with Gasteiger partial charge in [-0.3, -0.25) is 9.48 Å². The van der Waals surface area contributed by atoms with E-state index < -0.39 is 9.84 Å². The van der Waals surface area contributed by atoms with Gasteiger partial charge in [0.05, 0.1) is 17.5 Å². The summed E-state index contributed by atoms with van der Waals surface area (Å²) in [6.07, 6.45) is 2.72. The van der Waals surface area contributed by atoms with Gasteiger partial charge in [0.15, 0.2) is 15.5 Å². The highest BCUT2D eigenvalue weighted by Crippen LogP contribution is 2.42. The van der Waals surface area contributed by atoms with Crippen LogP contribution in [0.3, 0.4) is 0 Å². The fourth-order valence-electron chi connectivity index (χ4n) is 3.30. The highest BCUT2D eigenvalue weighted by Gasteiger charge is 2.36. The normalized spacial score (nSPS) is 22.0. The smallest absolute Gasteiger partial charge is 0.276 e. The number of nitrogens with zero attached hydrogens (tertiary/aromatic N) is 2. The van der Waals surface area contributed by atoms with Crippen molar-refractivity contribution in [3.63, 3.8) is 0 Å². The fourth-order valence-corrected chi connectivity index (χ4v) is 4.99. The molecule has 0 spiro atoms. The van der Waals surface area contributed by atoms with Crippen LogP contribution in [0.15, 0.2) is 30.3 Å². The minimum atomic E-state index is -2.99. The Hall–Kier alpha value is -2.15. The molecule has 1 N–H and O–H groups in total. The summed E-state index contributed by atoms with van der Waals surface area (Å²) in [6.45, 7) is 1.99. The molecule has 6 nitrogen and oxygen atoms in total. The molecule has 2 fully saturated rings. The molecule has 1 aromatic carbocycles. The van der Waals surface area contributed by atoms with Crippen LogP contribution < -0.4 is 5.32 Å². The zero-order chi connectivity index (χ0) is 17.6. The lowest BCUT2D eigenvalue weighted by Gasteiger charge is -2.12. The lowest BCUT2D eigenvalue weighted by molar-refractivity contribution is 0.102. The van der Waals surface area contributed by atoms with E-state index in [2.05, 4.69) is 10.4 Å². The Morgan fingerprint density at radius 3 is 2.52 bits per heavy atom. The van der Waals surface area contributed by atoms with E-state index in [0.29, 0.717) is 18.0 Å². The molecule has 0 radical (unpaired) electrons. The number of carbonyl (C=O) groups excluding carboxylic acids is 1. The van der Waals surface area contributed by atoms with Crippen molar-refractivity contribution in [3.8, 4) is 0 Å². The predicted octanol–water partition coefficient (Wildman–Crippen LogP) is 2.68. The first-order valence-corrected chi connectivity index (χ1v) is 10.4. The van der Waals surface area contributed by atoms with Gasteiger partial charge in [-0.2, -0.15) is 5.10 Å². The van der Waals surface area contributed by atoms with Gasteiger partial charge in [-0.15, -0.1) is 0 Å². The number of aromatic nitrogens is 2. The second-order valence-electron chi connectivity index (χ2n) is 7.05. The number of rotatable bonds is 4. The van der Waals surface area contributed by atoms with Gasteiger partial charge < -0.3 is 5.32 Å². The molecule has 4 rings (SSSR count). The molecule has 2 heterocycles. The van der Waals surface area contributed by atoms with Crippen LogP contribution in [-0.4, -0.2) is 35.6 Å². The molecule has 1 amide bonds. The van der Waals surface area contributed by atoms with Gasteiger partial charge in [0, 0.05) is 17.3 Å². The summed E-state index contributed by atoms with van der Waals surface area (Å²) >= 11 is 0. The van der Waals surface area contributed by atoms with Crippen LogP contribution >= 0.6 is 0 Å². The lowest BCUT2D eigenvalue weighted by atomic mass is 10.2. The van der Waals surface area contributed by atoms with E-state index in [1.54, 1.807) is 4.68 Å². The average molecular weight is 359 g/mol. The SMILES string of the molecule is Cc1ccc(NC(=O)c2cc(C3CC3)n(C3CCS(=O)(=O)C3)n2)cc1. The lowest BCUT2D eigenvalue weighted by Crippen LogP contribution is -2.17. The van der Waals surface area contributed by atoms with E-state index in [9.17, 15) is 13.2 Å². The third-order valence-electron chi connectivity index (χ3n) is 4.86. The van der Waals surface area contributed by atoms with Crippen molar-refractivity contribution in [1.29, 1.82) is 0 Å². The van der Waals surface area contributed by atoms with Gasteiger partial charge in [0.1, 0.15) is 0 Å². The Kier molecular flexibility index (Phi) is 3.91. The van der Waals surface area contributed by atoms with Crippen LogP contribution in [-0.2, 0) is 9.84 Å². The second kappa shape index (κ2) is 5.98. The van der Waals surface area contributed by atoms with E-state index in [1.807, 2.05) is 37.3 Å². The van der Waals surface area contributed by atoms with E-state index >= 15 is 0 Å². The summed E-state index contributed by atoms with van der Waals surface area (Å²) in [6, 6.07) is 9.26. The van der Waals surface area contributed by atoms with Gasteiger partial charge in [0.2, 0.25) is 0 Å². The second-order valence-corrected chi connectivity index (χ2v) is 9.28. The number of hydrogen-bond acceptors (Lipinski definition) is 4. The van der Waals surface area contributed by atoms with Crippen molar-refractivity contribution in [3.05, 3.63) is 47.3 Å². The van der Waals surface area contributed by atoms with Crippen molar-refractivity contribution in [2.45, 2.75) is 38.1 Å². The zero-order valence-electron chi connectivity index (χ0n) is 14.1. The van der Waals surface area contributed by atoms with Crippen LogP contribution in [0.4, 0.5) is 5.69 Å². The first-order valence-electron chi connectivity index (χ1n) is 8.59. The van der Waals surface area contributed by atoms with Crippen molar-refractivity contribution in [2.24, 2.45) is 0 Å². The van der Waals surface area contributed by atoms with Crippen LogP contribution in [0.5, 0.6) is 0 Å². The van der Waals surface area contributed by atoms with Gasteiger partial charge in [-0.25, -0.2) is 8.42 Å². The van der Waals surface area contributed by atoms with Gasteiger partial charge >= 0.3 is 0 Å². The Bertz CT molecular complexity index is 912. The summed E-state index contributed by atoms with van der Waals surface area (Å²) in [5.74, 6) is 0.460. The van der Waals surface area contributed by atoms with E-state index in [4.69, 9.17) is 0 Å². The first-order chi connectivity index (χ1) is 11.9. The predicted molar refractivity (Wildman–Crippen MR) is 95.6 cm³/mol. The van der Waals surface area contributed by atoms with Crippen molar-refractivity contribution in [1.82, 2.24) is 9.78 Å². The molecule has 25 heavy (non-hydrogen) atoms. The maximum absolute atomic E-state index is 12.5. The number of amides is 1. The molecule has 1 aliphatic heterocycles. The zero-order valence-corrected chi connectivity index (χ0v) is 14.9. The van der Waals surface area contributed by atoms with Gasteiger partial charge in [-0.1, -0.05) is 17.7 Å².